The Morgan fingerprint density at radius 1 is 1.07 bits per heavy atom. The Bertz CT molecular complexity index is 1110. The maximum atomic E-state index is 13.7. The third kappa shape index (κ3) is 3.52. The van der Waals surface area contributed by atoms with Gasteiger partial charge in [-0.2, -0.15) is 0 Å². The summed E-state index contributed by atoms with van der Waals surface area (Å²) in [5, 5.41) is 7.61. The first-order chi connectivity index (χ1) is 13.1. The van der Waals surface area contributed by atoms with Crippen molar-refractivity contribution < 1.29 is 17.5 Å². The summed E-state index contributed by atoms with van der Waals surface area (Å²) >= 11 is 0. The van der Waals surface area contributed by atoms with Gasteiger partial charge in [0, 0.05) is 6.07 Å². The lowest BCUT2D eigenvalue weighted by molar-refractivity contribution is 0.410. The van der Waals surface area contributed by atoms with Crippen molar-refractivity contribution in [1.29, 1.82) is 0 Å². The van der Waals surface area contributed by atoms with Crippen molar-refractivity contribution in [2.75, 3.05) is 7.11 Å². The molecular formula is C20H22FN3O3S. The van der Waals surface area contributed by atoms with Crippen LogP contribution in [0.15, 0.2) is 52.4 Å². The maximum absolute atomic E-state index is 13.7. The highest BCUT2D eigenvalue weighted by atomic mass is 32.2. The zero-order valence-electron chi connectivity index (χ0n) is 16.4. The lowest BCUT2D eigenvalue weighted by atomic mass is 9.87. The predicted molar refractivity (Wildman–Crippen MR) is 103 cm³/mol. The fraction of sp³-hybridized carbons (Fsp3) is 0.300. The van der Waals surface area contributed by atoms with E-state index in [1.807, 2.05) is 0 Å². The molecule has 0 bridgehead atoms. The van der Waals surface area contributed by atoms with Crippen molar-refractivity contribution in [3.8, 4) is 11.4 Å². The smallest absolute Gasteiger partial charge is 0.227 e. The molecule has 0 radical (unpaired) electrons. The van der Waals surface area contributed by atoms with Crippen LogP contribution in [-0.4, -0.2) is 30.5 Å². The summed E-state index contributed by atoms with van der Waals surface area (Å²) in [6.07, 6.45) is 0. The number of benzene rings is 2. The number of hydrogen-bond acceptors (Lipinski definition) is 5. The SMILES string of the molecule is COc1ccc(F)cc1-n1nnc(S(=O)(=O)c2ccc(C(C)(C)C)cc2)c1C. The molecule has 8 heteroatoms. The van der Waals surface area contributed by atoms with Crippen molar-refractivity contribution in [1.82, 2.24) is 15.0 Å². The molecular weight excluding hydrogens is 381 g/mol. The van der Waals surface area contributed by atoms with E-state index in [1.165, 1.54) is 30.0 Å². The highest BCUT2D eigenvalue weighted by Gasteiger charge is 2.27. The average Bonchev–Trinajstić information content (AvgIpc) is 3.03. The van der Waals surface area contributed by atoms with Crippen LogP contribution in [0.5, 0.6) is 5.75 Å². The summed E-state index contributed by atoms with van der Waals surface area (Å²) in [7, 11) is -2.44. The molecule has 0 amide bonds. The Balaban J connectivity index is 2.07. The molecule has 0 saturated heterocycles. The van der Waals surface area contributed by atoms with Gasteiger partial charge in [-0.15, -0.1) is 5.10 Å². The van der Waals surface area contributed by atoms with E-state index in [0.717, 1.165) is 5.56 Å². The van der Waals surface area contributed by atoms with E-state index in [2.05, 4.69) is 31.1 Å². The zero-order valence-corrected chi connectivity index (χ0v) is 17.2. The average molecular weight is 403 g/mol. The first kappa shape index (κ1) is 20.0. The molecule has 6 nitrogen and oxygen atoms in total. The standard InChI is InChI=1S/C20H22FN3O3S/c1-13-19(22-23-24(13)17-12-15(21)8-11-18(17)27-5)28(25,26)16-9-6-14(7-10-16)20(2,3)4/h6-12H,1-5H3. The van der Waals surface area contributed by atoms with Gasteiger partial charge in [0.2, 0.25) is 14.9 Å². The lowest BCUT2D eigenvalue weighted by Crippen LogP contribution is -2.12. The molecule has 3 aromatic rings. The normalized spacial score (nSPS) is 12.2. The maximum Gasteiger partial charge on any atom is 0.227 e. The second kappa shape index (κ2) is 7.01. The number of rotatable bonds is 4. The largest absolute Gasteiger partial charge is 0.494 e. The lowest BCUT2D eigenvalue weighted by Gasteiger charge is -2.19. The van der Waals surface area contributed by atoms with Crippen molar-refractivity contribution in [3.63, 3.8) is 0 Å². The van der Waals surface area contributed by atoms with E-state index >= 15 is 0 Å². The van der Waals surface area contributed by atoms with Gasteiger partial charge >= 0.3 is 0 Å². The Kier molecular flexibility index (Phi) is 5.01. The molecule has 0 spiro atoms. The van der Waals surface area contributed by atoms with Crippen molar-refractivity contribution in [2.45, 2.75) is 43.0 Å². The minimum Gasteiger partial charge on any atom is -0.494 e. The topological polar surface area (TPSA) is 74.1 Å². The summed E-state index contributed by atoms with van der Waals surface area (Å²) in [4.78, 5) is 0.127. The molecule has 1 heterocycles. The van der Waals surface area contributed by atoms with Crippen LogP contribution >= 0.6 is 0 Å². The predicted octanol–water partition coefficient (Wildman–Crippen LogP) is 3.85. The molecule has 3 rings (SSSR count). The molecule has 1 aromatic heterocycles. The Morgan fingerprint density at radius 2 is 1.71 bits per heavy atom. The van der Waals surface area contributed by atoms with Crippen LogP contribution in [-0.2, 0) is 15.3 Å². The van der Waals surface area contributed by atoms with Crippen molar-refractivity contribution >= 4 is 9.84 Å². The van der Waals surface area contributed by atoms with Gasteiger partial charge in [0.25, 0.3) is 0 Å². The molecule has 0 aliphatic rings. The first-order valence-electron chi connectivity index (χ1n) is 8.67. The Hall–Kier alpha value is -2.74. The zero-order chi connectivity index (χ0) is 20.7. The highest BCUT2D eigenvalue weighted by Crippen LogP contribution is 2.29. The second-order valence-corrected chi connectivity index (χ2v) is 9.35. The van der Waals surface area contributed by atoms with E-state index < -0.39 is 15.7 Å². The molecule has 148 valence electrons. The summed E-state index contributed by atoms with van der Waals surface area (Å²) in [5.74, 6) is -0.138. The fourth-order valence-corrected chi connectivity index (χ4v) is 4.20. The van der Waals surface area contributed by atoms with E-state index in [9.17, 15) is 12.8 Å². The van der Waals surface area contributed by atoms with Crippen LogP contribution in [0, 0.1) is 12.7 Å². The number of aromatic nitrogens is 3. The van der Waals surface area contributed by atoms with Crippen molar-refractivity contribution in [2.24, 2.45) is 0 Å². The second-order valence-electron chi connectivity index (χ2n) is 7.49. The third-order valence-electron chi connectivity index (χ3n) is 4.51. The van der Waals surface area contributed by atoms with Gasteiger partial charge in [0.15, 0.2) is 0 Å². The fourth-order valence-electron chi connectivity index (χ4n) is 2.87. The van der Waals surface area contributed by atoms with Gasteiger partial charge < -0.3 is 4.74 Å². The van der Waals surface area contributed by atoms with Crippen LogP contribution < -0.4 is 4.74 Å². The molecule has 2 aromatic carbocycles. The molecule has 0 N–H and O–H groups in total. The third-order valence-corrected chi connectivity index (χ3v) is 6.29. The molecule has 28 heavy (non-hydrogen) atoms. The molecule has 0 saturated carbocycles. The van der Waals surface area contributed by atoms with Gasteiger partial charge in [0.05, 0.1) is 17.7 Å². The van der Waals surface area contributed by atoms with E-state index in [0.29, 0.717) is 5.75 Å². The summed E-state index contributed by atoms with van der Waals surface area (Å²) < 4.78 is 46.3. The van der Waals surface area contributed by atoms with Crippen LogP contribution in [0.1, 0.15) is 32.0 Å². The van der Waals surface area contributed by atoms with Gasteiger partial charge in [0.1, 0.15) is 17.3 Å². The van der Waals surface area contributed by atoms with E-state index in [1.54, 1.807) is 31.2 Å². The van der Waals surface area contributed by atoms with Crippen LogP contribution in [0.4, 0.5) is 4.39 Å². The summed E-state index contributed by atoms with van der Waals surface area (Å²) in [6.45, 7) is 7.73. The molecule has 0 aliphatic heterocycles. The van der Waals surface area contributed by atoms with Crippen molar-refractivity contribution in [3.05, 3.63) is 59.5 Å². The van der Waals surface area contributed by atoms with E-state index in [4.69, 9.17) is 4.74 Å². The number of nitrogens with zero attached hydrogens (tertiary/aromatic N) is 3. The van der Waals surface area contributed by atoms with Gasteiger partial charge in [-0.05, 0) is 42.2 Å². The highest BCUT2D eigenvalue weighted by molar-refractivity contribution is 7.91. The van der Waals surface area contributed by atoms with E-state index in [-0.39, 0.29) is 26.7 Å². The summed E-state index contributed by atoms with van der Waals surface area (Å²) in [6, 6.07) is 10.6. The quantitative estimate of drug-likeness (QED) is 0.661. The minimum atomic E-state index is -3.88. The Morgan fingerprint density at radius 3 is 2.29 bits per heavy atom. The number of methoxy groups -OCH3 is 1. The monoisotopic (exact) mass is 403 g/mol. The van der Waals surface area contributed by atoms with Crippen LogP contribution in [0.25, 0.3) is 5.69 Å². The number of sulfone groups is 1. The van der Waals surface area contributed by atoms with Gasteiger partial charge in [-0.1, -0.05) is 38.1 Å². The first-order valence-corrected chi connectivity index (χ1v) is 10.2. The molecule has 0 atom stereocenters. The number of ether oxygens (including phenoxy) is 1. The summed E-state index contributed by atoms with van der Waals surface area (Å²) in [5.41, 5.74) is 1.48. The van der Waals surface area contributed by atoms with Gasteiger partial charge in [-0.25, -0.2) is 17.5 Å². The number of halogens is 1. The number of hydrogen-bond donors (Lipinski definition) is 0. The molecule has 0 aliphatic carbocycles. The minimum absolute atomic E-state index is 0.0880. The molecule has 0 fully saturated rings. The molecule has 0 unspecified atom stereocenters. The Labute approximate surface area is 163 Å². The van der Waals surface area contributed by atoms with Crippen LogP contribution in [0.3, 0.4) is 0 Å². The van der Waals surface area contributed by atoms with Crippen LogP contribution in [0.2, 0.25) is 0 Å². The van der Waals surface area contributed by atoms with Gasteiger partial charge in [-0.3, -0.25) is 0 Å².